The molecule has 1 aromatic heterocycles. The van der Waals surface area contributed by atoms with Crippen molar-refractivity contribution in [2.24, 2.45) is 11.8 Å². The quantitative estimate of drug-likeness (QED) is 0.208. The highest BCUT2D eigenvalue weighted by Crippen LogP contribution is 2.26. The van der Waals surface area contributed by atoms with Gasteiger partial charge < -0.3 is 30.4 Å². The van der Waals surface area contributed by atoms with E-state index in [1.54, 1.807) is 25.3 Å². The van der Waals surface area contributed by atoms with Crippen LogP contribution in [0.2, 0.25) is 0 Å². The van der Waals surface area contributed by atoms with E-state index < -0.39 is 52.0 Å². The van der Waals surface area contributed by atoms with Crippen LogP contribution in [0, 0.1) is 11.8 Å². The molecule has 242 valence electrons. The second-order valence-corrected chi connectivity index (χ2v) is 13.7. The molecule has 2 aromatic carbocycles. The maximum Gasteiger partial charge on any atom is 0.268 e. The molecule has 1 aliphatic rings. The highest BCUT2D eigenvalue weighted by Gasteiger charge is 2.33. The standard InChI is InChI=1S/C32H40N4O8S/c1-19(2)15-26(36-32(40)27-17-23-24(34-27)8-5-9-29(23)43-3)31(39)35-25(16-20-7-6-14-33-30(20)38)28(37)18-44-21-10-12-22(13-11-21)45(4,41)42/h5,8-13,17,19-20,25-26,34H,6-7,14-16,18H2,1-4H3,(H,33,38)(H,35,39)(H,36,40)/t20-,25-,26-/m0/s1. The summed E-state index contributed by atoms with van der Waals surface area (Å²) in [5, 5.41) is 9.11. The summed E-state index contributed by atoms with van der Waals surface area (Å²) >= 11 is 0. The Morgan fingerprint density at radius 2 is 1.78 bits per heavy atom. The number of carbonyl (C=O) groups excluding carboxylic acids is 4. The van der Waals surface area contributed by atoms with Gasteiger partial charge in [-0.05, 0) is 74.1 Å². The minimum atomic E-state index is -3.40. The van der Waals surface area contributed by atoms with Crippen LogP contribution in [0.3, 0.4) is 0 Å². The molecule has 3 atom stereocenters. The second-order valence-electron chi connectivity index (χ2n) is 11.7. The van der Waals surface area contributed by atoms with Crippen molar-refractivity contribution >= 4 is 44.2 Å². The van der Waals surface area contributed by atoms with Gasteiger partial charge in [-0.3, -0.25) is 19.2 Å². The van der Waals surface area contributed by atoms with E-state index in [0.717, 1.165) is 18.1 Å². The predicted molar refractivity (Wildman–Crippen MR) is 168 cm³/mol. The van der Waals surface area contributed by atoms with Crippen LogP contribution in [0.4, 0.5) is 0 Å². The Morgan fingerprint density at radius 1 is 1.04 bits per heavy atom. The number of fused-ring (bicyclic) bond motifs is 1. The van der Waals surface area contributed by atoms with Gasteiger partial charge in [-0.1, -0.05) is 19.9 Å². The van der Waals surface area contributed by atoms with Crippen LogP contribution >= 0.6 is 0 Å². The van der Waals surface area contributed by atoms with Gasteiger partial charge in [0.05, 0.1) is 18.0 Å². The van der Waals surface area contributed by atoms with Gasteiger partial charge in [-0.15, -0.1) is 0 Å². The first-order valence-electron chi connectivity index (χ1n) is 14.9. The lowest BCUT2D eigenvalue weighted by atomic mass is 9.90. The molecule has 0 bridgehead atoms. The number of sulfone groups is 1. The molecular formula is C32H40N4O8S. The average molecular weight is 641 g/mol. The van der Waals surface area contributed by atoms with Gasteiger partial charge in [-0.2, -0.15) is 0 Å². The third kappa shape index (κ3) is 8.84. The number of hydrogen-bond donors (Lipinski definition) is 4. The Morgan fingerprint density at radius 3 is 2.42 bits per heavy atom. The maximum atomic E-state index is 13.7. The first-order valence-corrected chi connectivity index (χ1v) is 16.7. The number of aromatic amines is 1. The van der Waals surface area contributed by atoms with E-state index in [1.165, 1.54) is 24.3 Å². The first kappa shape index (κ1) is 33.5. The summed E-state index contributed by atoms with van der Waals surface area (Å²) < 4.78 is 34.5. The molecule has 0 radical (unpaired) electrons. The monoisotopic (exact) mass is 640 g/mol. The molecule has 3 aromatic rings. The van der Waals surface area contributed by atoms with Crippen LogP contribution in [0.25, 0.3) is 10.9 Å². The van der Waals surface area contributed by atoms with Crippen LogP contribution in [0.5, 0.6) is 11.5 Å². The van der Waals surface area contributed by atoms with Crippen molar-refractivity contribution in [2.45, 2.75) is 56.5 Å². The molecule has 45 heavy (non-hydrogen) atoms. The fourth-order valence-corrected chi connectivity index (χ4v) is 5.92. The van der Waals surface area contributed by atoms with Crippen molar-refractivity contribution in [3.8, 4) is 11.5 Å². The van der Waals surface area contributed by atoms with E-state index in [4.69, 9.17) is 9.47 Å². The Bertz CT molecular complexity index is 1650. The fourth-order valence-electron chi connectivity index (χ4n) is 5.29. The van der Waals surface area contributed by atoms with Crippen molar-refractivity contribution in [3.63, 3.8) is 0 Å². The van der Waals surface area contributed by atoms with Crippen LogP contribution < -0.4 is 25.4 Å². The number of nitrogens with one attached hydrogen (secondary N) is 4. The minimum Gasteiger partial charge on any atom is -0.496 e. The molecular weight excluding hydrogens is 600 g/mol. The van der Waals surface area contributed by atoms with Gasteiger partial charge in [0.15, 0.2) is 15.6 Å². The maximum absolute atomic E-state index is 13.7. The minimum absolute atomic E-state index is 0.0281. The lowest BCUT2D eigenvalue weighted by Gasteiger charge is -2.28. The van der Waals surface area contributed by atoms with Gasteiger partial charge in [0.25, 0.3) is 5.91 Å². The Hall–Kier alpha value is -4.39. The summed E-state index contributed by atoms with van der Waals surface area (Å²) in [7, 11) is -1.86. The molecule has 4 rings (SSSR count). The molecule has 0 aliphatic carbocycles. The van der Waals surface area contributed by atoms with E-state index in [0.29, 0.717) is 30.7 Å². The number of carbonyl (C=O) groups is 4. The number of H-pyrrole nitrogens is 1. The summed E-state index contributed by atoms with van der Waals surface area (Å²) in [5.41, 5.74) is 0.949. The summed E-state index contributed by atoms with van der Waals surface area (Å²) in [6, 6.07) is 10.7. The average Bonchev–Trinajstić information content (AvgIpc) is 3.45. The molecule has 0 unspecified atom stereocenters. The Labute approximate surface area is 262 Å². The van der Waals surface area contributed by atoms with Crippen molar-refractivity contribution in [1.29, 1.82) is 0 Å². The third-order valence-corrected chi connectivity index (χ3v) is 8.80. The second kappa shape index (κ2) is 14.6. The predicted octanol–water partition coefficient (Wildman–Crippen LogP) is 2.77. The van der Waals surface area contributed by atoms with Crippen LogP contribution in [-0.4, -0.2) is 75.5 Å². The zero-order chi connectivity index (χ0) is 32.7. The smallest absolute Gasteiger partial charge is 0.268 e. The summed E-state index contributed by atoms with van der Waals surface area (Å²) in [6.45, 7) is 3.96. The number of aromatic nitrogens is 1. The topological polar surface area (TPSA) is 173 Å². The zero-order valence-electron chi connectivity index (χ0n) is 25.8. The fraction of sp³-hybridized carbons (Fsp3) is 0.438. The molecule has 13 heteroatoms. The molecule has 1 aliphatic heterocycles. The molecule has 2 heterocycles. The van der Waals surface area contributed by atoms with Crippen molar-refractivity contribution in [3.05, 3.63) is 54.2 Å². The van der Waals surface area contributed by atoms with E-state index in [-0.39, 0.29) is 34.6 Å². The zero-order valence-corrected chi connectivity index (χ0v) is 26.7. The van der Waals surface area contributed by atoms with Gasteiger partial charge in [0.1, 0.15) is 29.8 Å². The number of piperidine rings is 1. The number of hydrogen-bond acceptors (Lipinski definition) is 8. The van der Waals surface area contributed by atoms with Crippen LogP contribution in [0.1, 0.15) is 50.0 Å². The molecule has 12 nitrogen and oxygen atoms in total. The molecule has 0 saturated carbocycles. The van der Waals surface area contributed by atoms with Gasteiger partial charge in [0.2, 0.25) is 11.8 Å². The summed E-state index contributed by atoms with van der Waals surface area (Å²) in [6.07, 6.45) is 2.77. The summed E-state index contributed by atoms with van der Waals surface area (Å²) in [4.78, 5) is 56.1. The van der Waals surface area contributed by atoms with Crippen LogP contribution in [-0.2, 0) is 24.2 Å². The Balaban J connectivity index is 1.50. The van der Waals surface area contributed by atoms with Crippen molar-refractivity contribution in [1.82, 2.24) is 20.9 Å². The number of methoxy groups -OCH3 is 1. The van der Waals surface area contributed by atoms with Crippen LogP contribution in [0.15, 0.2) is 53.4 Å². The highest BCUT2D eigenvalue weighted by atomic mass is 32.2. The number of ether oxygens (including phenoxy) is 2. The molecule has 1 fully saturated rings. The third-order valence-electron chi connectivity index (χ3n) is 7.68. The normalized spacial score (nSPS) is 16.5. The highest BCUT2D eigenvalue weighted by molar-refractivity contribution is 7.90. The number of amides is 3. The van der Waals surface area contributed by atoms with Crippen molar-refractivity contribution in [2.75, 3.05) is 26.5 Å². The van der Waals surface area contributed by atoms with E-state index in [1.807, 2.05) is 19.9 Å². The van der Waals surface area contributed by atoms with E-state index in [9.17, 15) is 27.6 Å². The molecule has 3 amide bonds. The molecule has 1 saturated heterocycles. The lowest BCUT2D eigenvalue weighted by Crippen LogP contribution is -2.54. The van der Waals surface area contributed by atoms with Crippen molar-refractivity contribution < 1.29 is 37.1 Å². The van der Waals surface area contributed by atoms with E-state index in [2.05, 4.69) is 20.9 Å². The lowest BCUT2D eigenvalue weighted by molar-refractivity contribution is -0.132. The Kier molecular flexibility index (Phi) is 10.9. The van der Waals surface area contributed by atoms with Gasteiger partial charge in [0, 0.05) is 29.6 Å². The first-order chi connectivity index (χ1) is 21.3. The molecule has 0 spiro atoms. The van der Waals surface area contributed by atoms with E-state index >= 15 is 0 Å². The van der Waals surface area contributed by atoms with Gasteiger partial charge >= 0.3 is 0 Å². The summed E-state index contributed by atoms with van der Waals surface area (Å²) in [5.74, 6) is -1.29. The van der Waals surface area contributed by atoms with Gasteiger partial charge in [-0.25, -0.2) is 8.42 Å². The number of ketones is 1. The molecule has 4 N–H and O–H groups in total. The number of benzene rings is 2. The largest absolute Gasteiger partial charge is 0.496 e. The number of Topliss-reactive ketones (excluding diaryl/α,β-unsaturated/α-hetero) is 1. The SMILES string of the molecule is COc1cccc2[nH]c(C(=O)N[C@@H](CC(C)C)C(=O)N[C@@H](C[C@@H]3CCCNC3=O)C(=O)COc3ccc(S(C)(=O)=O)cc3)cc12. The number of rotatable bonds is 14.